The number of ether oxygens (including phenoxy) is 1. The van der Waals surface area contributed by atoms with Crippen LogP contribution in [0, 0.1) is 0 Å². The Morgan fingerprint density at radius 2 is 2.00 bits per heavy atom. The number of nitrogens with zero attached hydrogens (tertiary/aromatic N) is 4. The van der Waals surface area contributed by atoms with Gasteiger partial charge in [-0.2, -0.15) is 10.1 Å². The van der Waals surface area contributed by atoms with Crippen LogP contribution in [-0.4, -0.2) is 54.7 Å². The highest BCUT2D eigenvalue weighted by molar-refractivity contribution is 6.14. The molecule has 7 nitrogen and oxygen atoms in total. The first kappa shape index (κ1) is 18.4. The quantitative estimate of drug-likeness (QED) is 0.466. The molecule has 0 spiro atoms. The number of hydrogen-bond acceptors (Lipinski definition) is 6. The van der Waals surface area contributed by atoms with Gasteiger partial charge in [-0.1, -0.05) is 43.7 Å². The summed E-state index contributed by atoms with van der Waals surface area (Å²) >= 11 is 0. The van der Waals surface area contributed by atoms with Crippen LogP contribution >= 0.6 is 0 Å². The summed E-state index contributed by atoms with van der Waals surface area (Å²) in [4.78, 5) is 30.0. The number of rotatable bonds is 5. The Morgan fingerprint density at radius 3 is 2.56 bits per heavy atom. The molecule has 0 atom stereocenters. The predicted octanol–water partition coefficient (Wildman–Crippen LogP) is 2.01. The van der Waals surface area contributed by atoms with Crippen molar-refractivity contribution in [2.45, 2.75) is 19.8 Å². The van der Waals surface area contributed by atoms with E-state index in [9.17, 15) is 9.59 Å². The molecule has 0 unspecified atom stereocenters. The standard InChI is InChI=1S/C18H22N4O3/c1-5-9-14(13-10-7-6-8-11-13)20-22-17(24)15(12-16(23)25-4)19-18(22)21(2)3/h6-8,10-12H,5,9H2,1-4H3/b15-12+,20-14+. The summed E-state index contributed by atoms with van der Waals surface area (Å²) in [5.41, 5.74) is 1.73. The molecule has 7 heteroatoms. The van der Waals surface area contributed by atoms with Crippen molar-refractivity contribution in [3.05, 3.63) is 47.7 Å². The van der Waals surface area contributed by atoms with Crippen LogP contribution in [0.5, 0.6) is 0 Å². The molecule has 2 rings (SSSR count). The zero-order valence-corrected chi connectivity index (χ0v) is 14.9. The molecule has 1 heterocycles. The monoisotopic (exact) mass is 342 g/mol. The highest BCUT2D eigenvalue weighted by Gasteiger charge is 2.33. The molecule has 1 aromatic rings. The average Bonchev–Trinajstić information content (AvgIpc) is 2.91. The van der Waals surface area contributed by atoms with E-state index in [0.717, 1.165) is 23.8 Å². The number of carbonyl (C=O) groups excluding carboxylic acids is 2. The van der Waals surface area contributed by atoms with Crippen molar-refractivity contribution in [3.8, 4) is 0 Å². The Bertz CT molecular complexity index is 736. The zero-order chi connectivity index (χ0) is 18.4. The van der Waals surface area contributed by atoms with Gasteiger partial charge < -0.3 is 9.64 Å². The van der Waals surface area contributed by atoms with E-state index in [4.69, 9.17) is 0 Å². The van der Waals surface area contributed by atoms with E-state index in [1.165, 1.54) is 12.1 Å². The smallest absolute Gasteiger partial charge is 0.332 e. The zero-order valence-electron chi connectivity index (χ0n) is 14.9. The minimum atomic E-state index is -0.632. The maximum absolute atomic E-state index is 12.6. The molecule has 0 bridgehead atoms. The number of methoxy groups -OCH3 is 1. The summed E-state index contributed by atoms with van der Waals surface area (Å²) in [5.74, 6) is -0.740. The van der Waals surface area contributed by atoms with Crippen molar-refractivity contribution in [1.29, 1.82) is 0 Å². The molecule has 0 radical (unpaired) electrons. The molecular formula is C18H22N4O3. The fourth-order valence-electron chi connectivity index (χ4n) is 2.29. The van der Waals surface area contributed by atoms with E-state index in [2.05, 4.69) is 14.8 Å². The van der Waals surface area contributed by atoms with Crippen LogP contribution < -0.4 is 0 Å². The summed E-state index contributed by atoms with van der Waals surface area (Å²) in [6, 6.07) is 9.68. The third-order valence-electron chi connectivity index (χ3n) is 3.49. The molecule has 0 saturated carbocycles. The van der Waals surface area contributed by atoms with Gasteiger partial charge in [0.1, 0.15) is 5.70 Å². The fraction of sp³-hybridized carbons (Fsp3) is 0.333. The molecule has 0 aliphatic carbocycles. The maximum Gasteiger partial charge on any atom is 0.332 e. The third-order valence-corrected chi connectivity index (χ3v) is 3.49. The first-order valence-corrected chi connectivity index (χ1v) is 8.01. The van der Waals surface area contributed by atoms with Crippen molar-refractivity contribution in [2.75, 3.05) is 21.2 Å². The first-order valence-electron chi connectivity index (χ1n) is 8.01. The lowest BCUT2D eigenvalue weighted by Gasteiger charge is -2.19. The number of hydrazone groups is 1. The van der Waals surface area contributed by atoms with Gasteiger partial charge >= 0.3 is 5.97 Å². The van der Waals surface area contributed by atoms with Gasteiger partial charge in [0, 0.05) is 14.1 Å². The molecule has 1 aromatic carbocycles. The molecule has 0 N–H and O–H groups in total. The largest absolute Gasteiger partial charge is 0.466 e. The van der Waals surface area contributed by atoms with Gasteiger partial charge in [0.05, 0.1) is 18.9 Å². The van der Waals surface area contributed by atoms with Crippen molar-refractivity contribution in [2.24, 2.45) is 10.1 Å². The van der Waals surface area contributed by atoms with E-state index >= 15 is 0 Å². The minimum absolute atomic E-state index is 0.00297. The predicted molar refractivity (Wildman–Crippen MR) is 96.0 cm³/mol. The molecule has 0 saturated heterocycles. The van der Waals surface area contributed by atoms with Crippen LogP contribution in [0.15, 0.2) is 52.2 Å². The lowest BCUT2D eigenvalue weighted by atomic mass is 10.1. The Morgan fingerprint density at radius 1 is 1.32 bits per heavy atom. The van der Waals surface area contributed by atoms with E-state index < -0.39 is 11.9 Å². The second-order valence-electron chi connectivity index (χ2n) is 5.64. The van der Waals surface area contributed by atoms with Crippen molar-refractivity contribution in [1.82, 2.24) is 9.91 Å². The van der Waals surface area contributed by atoms with Crippen LogP contribution in [0.3, 0.4) is 0 Å². The number of carbonyl (C=O) groups is 2. The Labute approximate surface area is 147 Å². The molecule has 0 fully saturated rings. The number of benzene rings is 1. The van der Waals surface area contributed by atoms with Crippen molar-refractivity contribution >= 4 is 23.5 Å². The number of guanidine groups is 1. The lowest BCUT2D eigenvalue weighted by molar-refractivity contribution is -0.135. The van der Waals surface area contributed by atoms with Crippen LogP contribution in [0.1, 0.15) is 25.3 Å². The number of amides is 1. The Hall–Kier alpha value is -2.96. The molecule has 25 heavy (non-hydrogen) atoms. The molecule has 1 amide bonds. The highest BCUT2D eigenvalue weighted by atomic mass is 16.5. The summed E-state index contributed by atoms with van der Waals surface area (Å²) in [7, 11) is 4.77. The SMILES string of the molecule is CCC/C(=N\N1C(=O)/C(=C\C(=O)OC)N=C1N(C)C)c1ccccc1. The van der Waals surface area contributed by atoms with Gasteiger partial charge in [-0.15, -0.1) is 0 Å². The fourth-order valence-corrected chi connectivity index (χ4v) is 2.29. The molecular weight excluding hydrogens is 320 g/mol. The van der Waals surface area contributed by atoms with E-state index in [1.807, 2.05) is 37.3 Å². The molecule has 1 aliphatic heterocycles. The van der Waals surface area contributed by atoms with E-state index in [-0.39, 0.29) is 5.70 Å². The van der Waals surface area contributed by atoms with Crippen molar-refractivity contribution < 1.29 is 14.3 Å². The van der Waals surface area contributed by atoms with Gasteiger partial charge in [0.15, 0.2) is 0 Å². The highest BCUT2D eigenvalue weighted by Crippen LogP contribution is 2.19. The van der Waals surface area contributed by atoms with Gasteiger partial charge in [-0.05, 0) is 12.0 Å². The second-order valence-corrected chi connectivity index (χ2v) is 5.64. The maximum atomic E-state index is 12.6. The number of hydrogen-bond donors (Lipinski definition) is 0. The third kappa shape index (κ3) is 4.32. The summed E-state index contributed by atoms with van der Waals surface area (Å²) in [6.45, 7) is 2.05. The lowest BCUT2D eigenvalue weighted by Crippen LogP contribution is -2.37. The van der Waals surface area contributed by atoms with Crippen LogP contribution in [-0.2, 0) is 14.3 Å². The van der Waals surface area contributed by atoms with Gasteiger partial charge in [-0.25, -0.2) is 9.79 Å². The summed E-state index contributed by atoms with van der Waals surface area (Å²) in [5, 5.41) is 5.77. The second kappa shape index (κ2) is 8.23. The van der Waals surface area contributed by atoms with Gasteiger partial charge in [0.25, 0.3) is 5.91 Å². The average molecular weight is 342 g/mol. The molecule has 0 aromatic heterocycles. The van der Waals surface area contributed by atoms with Crippen molar-refractivity contribution in [3.63, 3.8) is 0 Å². The van der Waals surface area contributed by atoms with Crippen LogP contribution in [0.2, 0.25) is 0 Å². The van der Waals surface area contributed by atoms with E-state index in [1.54, 1.807) is 19.0 Å². The molecule has 132 valence electrons. The summed E-state index contributed by atoms with van der Waals surface area (Å²) < 4.78 is 4.58. The number of esters is 1. The first-order chi connectivity index (χ1) is 12.0. The van der Waals surface area contributed by atoms with Crippen LogP contribution in [0.25, 0.3) is 0 Å². The summed E-state index contributed by atoms with van der Waals surface area (Å²) in [6.07, 6.45) is 2.67. The normalized spacial score (nSPS) is 16.2. The van der Waals surface area contributed by atoms with E-state index in [0.29, 0.717) is 12.4 Å². The number of aliphatic imine (C=N–C) groups is 1. The van der Waals surface area contributed by atoms with Crippen LogP contribution in [0.4, 0.5) is 0 Å². The Kier molecular flexibility index (Phi) is 6.05. The molecule has 1 aliphatic rings. The van der Waals surface area contributed by atoms with Gasteiger partial charge in [-0.3, -0.25) is 4.79 Å². The topological polar surface area (TPSA) is 74.6 Å². The Balaban J connectivity index is 2.44. The minimum Gasteiger partial charge on any atom is -0.466 e. The van der Waals surface area contributed by atoms with Gasteiger partial charge in [0.2, 0.25) is 5.96 Å².